The summed E-state index contributed by atoms with van der Waals surface area (Å²) >= 11 is 0. The Bertz CT molecular complexity index is 90.9. The Morgan fingerprint density at radius 3 is 2.44 bits per heavy atom. The minimum absolute atomic E-state index is 0.250. The molecular weight excluding hydrogens is 119 g/mol. The highest BCUT2D eigenvalue weighted by molar-refractivity contribution is 5.82. The van der Waals surface area contributed by atoms with E-state index in [0.717, 1.165) is 6.42 Å². The van der Waals surface area contributed by atoms with Crippen molar-refractivity contribution in [1.82, 2.24) is 0 Å². The van der Waals surface area contributed by atoms with Crippen LogP contribution in [-0.4, -0.2) is 12.0 Å². The van der Waals surface area contributed by atoms with Gasteiger partial charge in [-0.15, -0.1) is 0 Å². The van der Waals surface area contributed by atoms with Gasteiger partial charge < -0.3 is 0 Å². The van der Waals surface area contributed by atoms with Crippen LogP contribution in [0.3, 0.4) is 0 Å². The molecule has 0 fully saturated rings. The van der Waals surface area contributed by atoms with Gasteiger partial charge in [0.1, 0.15) is 0 Å². The van der Waals surface area contributed by atoms with Gasteiger partial charge in [-0.3, -0.25) is 4.79 Å². The predicted octanol–water partition coefficient (Wildman–Crippen LogP) is 2.10. The number of Topliss-reactive ketones (excluding diaryl/α,β-unsaturated/α-hetero) is 1. The minimum atomic E-state index is -1.22. The summed E-state index contributed by atoms with van der Waals surface area (Å²) in [5.41, 5.74) is 0. The fraction of sp³-hybridized carbons (Fsp3) is 0.857. The van der Waals surface area contributed by atoms with Gasteiger partial charge in [-0.1, -0.05) is 13.8 Å². The van der Waals surface area contributed by atoms with Gasteiger partial charge in [0, 0.05) is 6.42 Å². The Morgan fingerprint density at radius 1 is 1.56 bits per heavy atom. The molecular formula is C7H13FO. The van der Waals surface area contributed by atoms with Crippen molar-refractivity contribution in [3.8, 4) is 0 Å². The van der Waals surface area contributed by atoms with Crippen molar-refractivity contribution in [1.29, 1.82) is 0 Å². The van der Waals surface area contributed by atoms with E-state index in [1.54, 1.807) is 6.92 Å². The number of ketones is 1. The van der Waals surface area contributed by atoms with Crippen molar-refractivity contribution in [2.45, 2.75) is 39.3 Å². The molecule has 0 aromatic rings. The van der Waals surface area contributed by atoms with Crippen molar-refractivity contribution < 1.29 is 9.18 Å². The quantitative estimate of drug-likeness (QED) is 0.572. The van der Waals surface area contributed by atoms with Crippen LogP contribution < -0.4 is 0 Å². The molecule has 1 nitrogen and oxygen atoms in total. The Kier molecular flexibility index (Phi) is 4.28. The lowest BCUT2D eigenvalue weighted by molar-refractivity contribution is -0.123. The third-order valence-electron chi connectivity index (χ3n) is 1.20. The third kappa shape index (κ3) is 3.22. The molecule has 0 rings (SSSR count). The minimum Gasteiger partial charge on any atom is -0.296 e. The van der Waals surface area contributed by atoms with Crippen molar-refractivity contribution in [3.05, 3.63) is 0 Å². The average Bonchev–Trinajstić information content (AvgIpc) is 1.87. The highest BCUT2D eigenvalue weighted by atomic mass is 19.1. The largest absolute Gasteiger partial charge is 0.296 e. The van der Waals surface area contributed by atoms with Gasteiger partial charge in [-0.25, -0.2) is 4.39 Å². The molecule has 0 aromatic heterocycles. The number of alkyl halides is 1. The van der Waals surface area contributed by atoms with Gasteiger partial charge in [-0.2, -0.15) is 0 Å². The van der Waals surface area contributed by atoms with E-state index in [9.17, 15) is 9.18 Å². The molecule has 0 saturated heterocycles. The molecule has 2 heteroatoms. The zero-order valence-corrected chi connectivity index (χ0v) is 5.98. The zero-order chi connectivity index (χ0) is 7.28. The molecule has 0 radical (unpaired) electrons. The van der Waals surface area contributed by atoms with E-state index in [1.165, 1.54) is 0 Å². The van der Waals surface area contributed by atoms with Gasteiger partial charge in [-0.05, 0) is 12.8 Å². The van der Waals surface area contributed by atoms with Crippen LogP contribution in [0.1, 0.15) is 33.1 Å². The second-order valence-corrected chi connectivity index (χ2v) is 2.09. The van der Waals surface area contributed by atoms with E-state index < -0.39 is 6.17 Å². The van der Waals surface area contributed by atoms with Crippen LogP contribution in [0.4, 0.5) is 4.39 Å². The fourth-order valence-corrected chi connectivity index (χ4v) is 0.631. The van der Waals surface area contributed by atoms with Crippen LogP contribution in [0.15, 0.2) is 0 Å². The number of hydrogen-bond acceptors (Lipinski definition) is 1. The summed E-state index contributed by atoms with van der Waals surface area (Å²) in [7, 11) is 0. The first-order chi connectivity index (χ1) is 4.22. The predicted molar refractivity (Wildman–Crippen MR) is 35.1 cm³/mol. The molecule has 0 saturated carbocycles. The van der Waals surface area contributed by atoms with Gasteiger partial charge in [0.05, 0.1) is 0 Å². The number of hydrogen-bond donors (Lipinski definition) is 0. The van der Waals surface area contributed by atoms with E-state index in [2.05, 4.69) is 0 Å². The fourth-order valence-electron chi connectivity index (χ4n) is 0.631. The summed E-state index contributed by atoms with van der Waals surface area (Å²) in [6.07, 6.45) is 0.234. The van der Waals surface area contributed by atoms with Crippen molar-refractivity contribution in [2.24, 2.45) is 0 Å². The van der Waals surface area contributed by atoms with Gasteiger partial charge in [0.25, 0.3) is 0 Å². The summed E-state index contributed by atoms with van der Waals surface area (Å²) in [6, 6.07) is 0. The van der Waals surface area contributed by atoms with E-state index in [1.807, 2.05) is 6.92 Å². The molecule has 54 valence electrons. The molecule has 0 heterocycles. The average molecular weight is 132 g/mol. The first kappa shape index (κ1) is 8.60. The Labute approximate surface area is 55.3 Å². The first-order valence-electron chi connectivity index (χ1n) is 3.39. The SMILES string of the molecule is CCCC(=O)[C@@H](F)CC. The molecule has 0 aliphatic carbocycles. The summed E-state index contributed by atoms with van der Waals surface area (Å²) in [5, 5.41) is 0. The number of rotatable bonds is 4. The summed E-state index contributed by atoms with van der Waals surface area (Å²) in [4.78, 5) is 10.6. The molecule has 0 aromatic carbocycles. The van der Waals surface area contributed by atoms with Crippen molar-refractivity contribution in [3.63, 3.8) is 0 Å². The highest BCUT2D eigenvalue weighted by Crippen LogP contribution is 2.02. The smallest absolute Gasteiger partial charge is 0.166 e. The lowest BCUT2D eigenvalue weighted by Crippen LogP contribution is -2.13. The zero-order valence-electron chi connectivity index (χ0n) is 5.98. The standard InChI is InChI=1S/C7H13FO/c1-3-5-7(9)6(8)4-2/h6H,3-5H2,1-2H3/t6-/m0/s1. The molecule has 0 unspecified atom stereocenters. The van der Waals surface area contributed by atoms with Crippen LogP contribution in [0.2, 0.25) is 0 Å². The molecule has 0 amide bonds. The molecule has 0 aliphatic heterocycles. The number of carbonyl (C=O) groups is 1. The van der Waals surface area contributed by atoms with Crippen LogP contribution in [-0.2, 0) is 4.79 Å². The molecule has 0 spiro atoms. The third-order valence-corrected chi connectivity index (χ3v) is 1.20. The number of halogens is 1. The molecule has 9 heavy (non-hydrogen) atoms. The van der Waals surface area contributed by atoms with Crippen molar-refractivity contribution >= 4 is 5.78 Å². The maximum absolute atomic E-state index is 12.4. The van der Waals surface area contributed by atoms with Gasteiger partial charge in [0.15, 0.2) is 12.0 Å². The molecule has 0 N–H and O–H groups in total. The Balaban J connectivity index is 3.46. The summed E-state index contributed by atoms with van der Waals surface area (Å²) in [5.74, 6) is -0.250. The normalized spacial score (nSPS) is 13.2. The first-order valence-corrected chi connectivity index (χ1v) is 3.39. The Morgan fingerprint density at radius 2 is 2.11 bits per heavy atom. The van der Waals surface area contributed by atoms with Crippen LogP contribution in [0.5, 0.6) is 0 Å². The second kappa shape index (κ2) is 4.48. The lowest BCUT2D eigenvalue weighted by atomic mass is 10.1. The van der Waals surface area contributed by atoms with Crippen molar-refractivity contribution in [2.75, 3.05) is 0 Å². The maximum Gasteiger partial charge on any atom is 0.166 e. The lowest BCUT2D eigenvalue weighted by Gasteiger charge is -2.00. The molecule has 0 bridgehead atoms. The van der Waals surface area contributed by atoms with E-state index in [4.69, 9.17) is 0 Å². The topological polar surface area (TPSA) is 17.1 Å². The van der Waals surface area contributed by atoms with E-state index in [0.29, 0.717) is 12.8 Å². The Hall–Kier alpha value is -0.400. The van der Waals surface area contributed by atoms with E-state index >= 15 is 0 Å². The number of carbonyl (C=O) groups excluding carboxylic acids is 1. The van der Waals surface area contributed by atoms with Crippen LogP contribution in [0, 0.1) is 0 Å². The highest BCUT2D eigenvalue weighted by Gasteiger charge is 2.12. The van der Waals surface area contributed by atoms with Crippen LogP contribution in [0.25, 0.3) is 0 Å². The second-order valence-electron chi connectivity index (χ2n) is 2.09. The summed E-state index contributed by atoms with van der Waals surface area (Å²) < 4.78 is 12.4. The summed E-state index contributed by atoms with van der Waals surface area (Å²) in [6.45, 7) is 3.55. The monoisotopic (exact) mass is 132 g/mol. The maximum atomic E-state index is 12.4. The molecule has 1 atom stereocenters. The van der Waals surface area contributed by atoms with Gasteiger partial charge >= 0.3 is 0 Å². The van der Waals surface area contributed by atoms with Crippen LogP contribution >= 0.6 is 0 Å². The molecule has 0 aliphatic rings. The van der Waals surface area contributed by atoms with Gasteiger partial charge in [0.2, 0.25) is 0 Å². The van der Waals surface area contributed by atoms with E-state index in [-0.39, 0.29) is 5.78 Å².